The average molecular weight is 167 g/mol. The molecule has 0 rings (SSSR count). The first-order chi connectivity index (χ1) is 5.70. The normalized spacial score (nSPS) is 12.4. The molecule has 0 N–H and O–H groups in total. The summed E-state index contributed by atoms with van der Waals surface area (Å²) in [4.78, 5) is 10.4. The van der Waals surface area contributed by atoms with E-state index in [2.05, 4.69) is 4.74 Å². The van der Waals surface area contributed by atoms with Crippen LogP contribution < -0.4 is 0 Å². The fourth-order valence-electron chi connectivity index (χ4n) is 0.674. The van der Waals surface area contributed by atoms with Crippen LogP contribution in [0, 0.1) is 11.3 Å². The highest BCUT2D eigenvalue weighted by Crippen LogP contribution is 1.96. The molecule has 0 bridgehead atoms. The second-order valence-corrected chi connectivity index (χ2v) is 2.38. The molecule has 1 atom stereocenters. The molecule has 0 aromatic carbocycles. The highest BCUT2D eigenvalue weighted by atomic mass is 16.5. The van der Waals surface area contributed by atoms with E-state index in [1.165, 1.54) is 6.92 Å². The van der Waals surface area contributed by atoms with Crippen molar-refractivity contribution in [2.75, 3.05) is 0 Å². The number of unbranched alkanes of at least 4 members (excludes halogenated alkanes) is 1. The van der Waals surface area contributed by atoms with Gasteiger partial charge in [0.2, 0.25) is 6.10 Å². The average Bonchev–Trinajstić information content (AvgIpc) is 2.02. The first kappa shape index (κ1) is 10.7. The Kier molecular flexibility index (Phi) is 5.72. The quantitative estimate of drug-likeness (QED) is 0.474. The van der Waals surface area contributed by atoms with Crippen molar-refractivity contribution in [3.8, 4) is 6.07 Å². The zero-order valence-electron chi connectivity index (χ0n) is 7.41. The molecule has 0 saturated heterocycles. The summed E-state index contributed by atoms with van der Waals surface area (Å²) in [5.74, 6) is -0.428. The van der Waals surface area contributed by atoms with Crippen LogP contribution in [-0.4, -0.2) is 12.1 Å². The third-order valence-electron chi connectivity index (χ3n) is 1.19. The van der Waals surface area contributed by atoms with Crippen molar-refractivity contribution >= 4 is 5.97 Å². The number of carbonyl (C=O) groups excluding carboxylic acids is 1. The second kappa shape index (κ2) is 6.41. The first-order valence-electron chi connectivity index (χ1n) is 3.94. The number of carbonyl (C=O) groups is 1. The van der Waals surface area contributed by atoms with Gasteiger partial charge in [-0.2, -0.15) is 5.26 Å². The molecule has 0 amide bonds. The summed E-state index contributed by atoms with van der Waals surface area (Å²) in [7, 11) is 0. The molecule has 0 aliphatic heterocycles. The standard InChI is InChI=1S/C9H13NO2/c1-3-4-5-6-9(7-10)12-8(2)11/h5-6,9H,3-4H2,1-2H3/b6-5+. The third kappa shape index (κ3) is 5.48. The predicted octanol–water partition coefficient (Wildman–Crippen LogP) is 1.80. The molecule has 3 nitrogen and oxygen atoms in total. The maximum absolute atomic E-state index is 10.4. The van der Waals surface area contributed by atoms with E-state index in [0.717, 1.165) is 12.8 Å². The van der Waals surface area contributed by atoms with E-state index < -0.39 is 12.1 Å². The van der Waals surface area contributed by atoms with Crippen molar-refractivity contribution in [1.29, 1.82) is 5.26 Å². The topological polar surface area (TPSA) is 50.1 Å². The summed E-state index contributed by atoms with van der Waals surface area (Å²) in [6.45, 7) is 3.33. The van der Waals surface area contributed by atoms with E-state index in [4.69, 9.17) is 5.26 Å². The van der Waals surface area contributed by atoms with E-state index >= 15 is 0 Å². The number of hydrogen-bond donors (Lipinski definition) is 0. The summed E-state index contributed by atoms with van der Waals surface area (Å²) in [6, 6.07) is 1.86. The fraction of sp³-hybridized carbons (Fsp3) is 0.556. The van der Waals surface area contributed by atoms with Crippen LogP contribution in [0.25, 0.3) is 0 Å². The van der Waals surface area contributed by atoms with Crippen LogP contribution in [0.2, 0.25) is 0 Å². The Labute approximate surface area is 72.6 Å². The molecule has 0 aliphatic rings. The van der Waals surface area contributed by atoms with Crippen LogP contribution in [0.5, 0.6) is 0 Å². The Balaban J connectivity index is 3.84. The van der Waals surface area contributed by atoms with E-state index in [1.54, 1.807) is 6.08 Å². The molecule has 0 aliphatic carbocycles. The van der Waals surface area contributed by atoms with Crippen LogP contribution in [0.4, 0.5) is 0 Å². The lowest BCUT2D eigenvalue weighted by Crippen LogP contribution is -2.10. The molecular formula is C9H13NO2. The van der Waals surface area contributed by atoms with Gasteiger partial charge in [-0.25, -0.2) is 0 Å². The Bertz CT molecular complexity index is 203. The van der Waals surface area contributed by atoms with E-state index in [9.17, 15) is 4.79 Å². The van der Waals surface area contributed by atoms with Gasteiger partial charge < -0.3 is 4.74 Å². The van der Waals surface area contributed by atoms with Crippen LogP contribution in [0.15, 0.2) is 12.2 Å². The SMILES string of the molecule is CCC/C=C/C(C#N)OC(C)=O. The number of nitriles is 1. The lowest BCUT2D eigenvalue weighted by molar-refractivity contribution is -0.142. The van der Waals surface area contributed by atoms with Crippen molar-refractivity contribution in [3.63, 3.8) is 0 Å². The Hall–Kier alpha value is -1.30. The molecule has 0 fully saturated rings. The molecule has 0 radical (unpaired) electrons. The Morgan fingerprint density at radius 1 is 1.75 bits per heavy atom. The Morgan fingerprint density at radius 3 is 2.83 bits per heavy atom. The molecule has 3 heteroatoms. The van der Waals surface area contributed by atoms with Crippen molar-refractivity contribution < 1.29 is 9.53 Å². The van der Waals surface area contributed by atoms with E-state index in [-0.39, 0.29) is 0 Å². The highest BCUT2D eigenvalue weighted by molar-refractivity contribution is 5.66. The van der Waals surface area contributed by atoms with Gasteiger partial charge in [-0.1, -0.05) is 19.4 Å². The maximum Gasteiger partial charge on any atom is 0.304 e. The van der Waals surface area contributed by atoms with Gasteiger partial charge in [-0.15, -0.1) is 0 Å². The highest BCUT2D eigenvalue weighted by Gasteiger charge is 2.04. The van der Waals surface area contributed by atoms with Crippen LogP contribution in [0.3, 0.4) is 0 Å². The molecule has 0 heterocycles. The van der Waals surface area contributed by atoms with Crippen molar-refractivity contribution in [2.45, 2.75) is 32.8 Å². The lowest BCUT2D eigenvalue weighted by atomic mass is 10.2. The predicted molar refractivity (Wildman–Crippen MR) is 45.2 cm³/mol. The van der Waals surface area contributed by atoms with Gasteiger partial charge in [0.25, 0.3) is 0 Å². The molecule has 0 aromatic heterocycles. The number of allylic oxidation sites excluding steroid dienone is 1. The molecule has 1 unspecified atom stereocenters. The van der Waals surface area contributed by atoms with Crippen molar-refractivity contribution in [3.05, 3.63) is 12.2 Å². The minimum atomic E-state index is -0.728. The summed E-state index contributed by atoms with van der Waals surface area (Å²) in [5, 5.41) is 8.50. The van der Waals surface area contributed by atoms with Crippen LogP contribution in [0.1, 0.15) is 26.7 Å². The molecular weight excluding hydrogens is 154 g/mol. The van der Waals surface area contributed by atoms with E-state index in [0.29, 0.717) is 0 Å². The number of hydrogen-bond acceptors (Lipinski definition) is 3. The van der Waals surface area contributed by atoms with E-state index in [1.807, 2.05) is 19.1 Å². The molecule has 0 spiro atoms. The molecule has 0 aromatic rings. The van der Waals surface area contributed by atoms with Gasteiger partial charge in [0.1, 0.15) is 6.07 Å². The zero-order chi connectivity index (χ0) is 9.40. The zero-order valence-corrected chi connectivity index (χ0v) is 7.41. The smallest absolute Gasteiger partial charge is 0.304 e. The van der Waals surface area contributed by atoms with Crippen LogP contribution in [-0.2, 0) is 9.53 Å². The maximum atomic E-state index is 10.4. The monoisotopic (exact) mass is 167 g/mol. The number of rotatable bonds is 4. The van der Waals surface area contributed by atoms with Gasteiger partial charge in [-0.3, -0.25) is 4.79 Å². The van der Waals surface area contributed by atoms with Gasteiger partial charge in [0, 0.05) is 6.92 Å². The third-order valence-corrected chi connectivity index (χ3v) is 1.19. The van der Waals surface area contributed by atoms with Gasteiger partial charge >= 0.3 is 5.97 Å². The minimum absolute atomic E-state index is 0.428. The summed E-state index contributed by atoms with van der Waals surface area (Å²) in [6.07, 6.45) is 4.64. The summed E-state index contributed by atoms with van der Waals surface area (Å²) in [5.41, 5.74) is 0. The number of ether oxygens (including phenoxy) is 1. The van der Waals surface area contributed by atoms with Gasteiger partial charge in [0.05, 0.1) is 0 Å². The fourth-order valence-corrected chi connectivity index (χ4v) is 0.674. The largest absolute Gasteiger partial charge is 0.443 e. The Morgan fingerprint density at radius 2 is 2.42 bits per heavy atom. The molecule has 0 saturated carbocycles. The number of esters is 1. The molecule has 66 valence electrons. The van der Waals surface area contributed by atoms with Crippen molar-refractivity contribution in [1.82, 2.24) is 0 Å². The first-order valence-corrected chi connectivity index (χ1v) is 3.94. The van der Waals surface area contributed by atoms with Gasteiger partial charge in [-0.05, 0) is 12.5 Å². The van der Waals surface area contributed by atoms with Crippen molar-refractivity contribution in [2.24, 2.45) is 0 Å². The molecule has 12 heavy (non-hydrogen) atoms. The summed E-state index contributed by atoms with van der Waals surface area (Å²) < 4.78 is 4.66. The summed E-state index contributed by atoms with van der Waals surface area (Å²) >= 11 is 0. The second-order valence-electron chi connectivity index (χ2n) is 2.38. The minimum Gasteiger partial charge on any atom is -0.443 e. The lowest BCUT2D eigenvalue weighted by Gasteiger charge is -2.02. The number of nitrogens with zero attached hydrogens (tertiary/aromatic N) is 1. The van der Waals surface area contributed by atoms with Crippen LogP contribution >= 0.6 is 0 Å². The van der Waals surface area contributed by atoms with Gasteiger partial charge in [0.15, 0.2) is 0 Å².